The van der Waals surface area contributed by atoms with Gasteiger partial charge in [-0.3, -0.25) is 0 Å². The van der Waals surface area contributed by atoms with Crippen LogP contribution in [0.3, 0.4) is 0 Å². The average Bonchev–Trinajstić information content (AvgIpc) is 2.77. The Kier molecular flexibility index (Phi) is 5.90. The molecule has 0 bridgehead atoms. The van der Waals surface area contributed by atoms with Crippen molar-refractivity contribution in [2.45, 2.75) is 19.8 Å². The maximum Gasteiger partial charge on any atom is 0.271 e. The summed E-state index contributed by atoms with van der Waals surface area (Å²) in [7, 11) is 0. The zero-order valence-corrected chi connectivity index (χ0v) is 16.9. The highest BCUT2D eigenvalue weighted by Gasteiger charge is 2.14. The van der Waals surface area contributed by atoms with Crippen LogP contribution in [-0.2, 0) is 6.42 Å². The van der Waals surface area contributed by atoms with Gasteiger partial charge in [0.1, 0.15) is 11.6 Å². The summed E-state index contributed by atoms with van der Waals surface area (Å²) in [5.74, 6) is -2.01. The molecular weight excluding hydrogens is 400 g/mol. The highest BCUT2D eigenvalue weighted by Crippen LogP contribution is 2.31. The molecule has 4 rings (SSSR count). The molecule has 0 unspecified atom stereocenters. The zero-order chi connectivity index (χ0) is 22.0. The van der Waals surface area contributed by atoms with Crippen LogP contribution in [0.4, 0.5) is 17.6 Å². The molecule has 156 valence electrons. The first-order chi connectivity index (χ1) is 15.0. The van der Waals surface area contributed by atoms with Crippen molar-refractivity contribution in [1.29, 1.82) is 0 Å². The van der Waals surface area contributed by atoms with Gasteiger partial charge in [-0.25, -0.2) is 8.78 Å². The Morgan fingerprint density at radius 3 is 1.87 bits per heavy atom. The molecule has 0 fully saturated rings. The fraction of sp³-hybridized carbons (Fsp3) is 0.111. The Labute approximate surface area is 178 Å². The van der Waals surface area contributed by atoms with Gasteiger partial charge in [-0.15, -0.1) is 0 Å². The van der Waals surface area contributed by atoms with Gasteiger partial charge in [0.25, 0.3) is 6.08 Å². The Hall–Kier alpha value is -3.40. The highest BCUT2D eigenvalue weighted by atomic mass is 19.3. The predicted molar refractivity (Wildman–Crippen MR) is 119 cm³/mol. The fourth-order valence-electron chi connectivity index (χ4n) is 3.77. The number of hydrogen-bond donors (Lipinski definition) is 0. The van der Waals surface area contributed by atoms with E-state index in [9.17, 15) is 17.6 Å². The monoisotopic (exact) mass is 420 g/mol. The van der Waals surface area contributed by atoms with E-state index < -0.39 is 23.3 Å². The van der Waals surface area contributed by atoms with E-state index in [1.54, 1.807) is 12.1 Å². The minimum atomic E-state index is -2.14. The lowest BCUT2D eigenvalue weighted by Gasteiger charge is -2.09. The molecule has 4 aromatic carbocycles. The molecule has 0 aliphatic rings. The van der Waals surface area contributed by atoms with E-state index in [-0.39, 0.29) is 11.5 Å². The Morgan fingerprint density at radius 2 is 1.29 bits per heavy atom. The van der Waals surface area contributed by atoms with Crippen LogP contribution in [0, 0.1) is 11.6 Å². The van der Waals surface area contributed by atoms with Crippen LogP contribution in [0.2, 0.25) is 0 Å². The van der Waals surface area contributed by atoms with Gasteiger partial charge in [0.15, 0.2) is 0 Å². The van der Waals surface area contributed by atoms with Crippen molar-refractivity contribution in [2.75, 3.05) is 0 Å². The summed E-state index contributed by atoms with van der Waals surface area (Å²) in [6.45, 7) is 2.15. The Bertz CT molecular complexity index is 1250. The van der Waals surface area contributed by atoms with Crippen molar-refractivity contribution in [3.8, 4) is 22.3 Å². The first kappa shape index (κ1) is 20.9. The fourth-order valence-corrected chi connectivity index (χ4v) is 3.77. The van der Waals surface area contributed by atoms with E-state index in [0.29, 0.717) is 5.39 Å². The van der Waals surface area contributed by atoms with Crippen LogP contribution in [0.5, 0.6) is 0 Å². The molecule has 31 heavy (non-hydrogen) atoms. The van der Waals surface area contributed by atoms with E-state index >= 15 is 0 Å². The second kappa shape index (κ2) is 8.76. The number of hydrogen-bond acceptors (Lipinski definition) is 0. The molecule has 0 aromatic heterocycles. The van der Waals surface area contributed by atoms with Gasteiger partial charge in [0.2, 0.25) is 0 Å². The summed E-state index contributed by atoms with van der Waals surface area (Å²) in [6.07, 6.45) is 0.237. The third-order valence-electron chi connectivity index (χ3n) is 5.36. The largest absolute Gasteiger partial charge is 0.271 e. The van der Waals surface area contributed by atoms with Crippen LogP contribution in [0.25, 0.3) is 39.1 Å². The lowest BCUT2D eigenvalue weighted by Crippen LogP contribution is -1.92. The van der Waals surface area contributed by atoms with Crippen molar-refractivity contribution in [3.63, 3.8) is 0 Å². The smallest absolute Gasteiger partial charge is 0.206 e. The second-order valence-corrected chi connectivity index (χ2v) is 7.48. The Morgan fingerprint density at radius 1 is 0.742 bits per heavy atom. The first-order valence-corrected chi connectivity index (χ1v) is 10.1. The van der Waals surface area contributed by atoms with Gasteiger partial charge < -0.3 is 0 Å². The van der Waals surface area contributed by atoms with Gasteiger partial charge >= 0.3 is 0 Å². The van der Waals surface area contributed by atoms with E-state index in [4.69, 9.17) is 0 Å². The lowest BCUT2D eigenvalue weighted by atomic mass is 9.96. The summed E-state index contributed by atoms with van der Waals surface area (Å²) in [5, 5.41) is 0.418. The van der Waals surface area contributed by atoms with Crippen molar-refractivity contribution in [2.24, 2.45) is 0 Å². The van der Waals surface area contributed by atoms with E-state index in [1.807, 2.05) is 24.3 Å². The summed E-state index contributed by atoms with van der Waals surface area (Å²) >= 11 is 0. The van der Waals surface area contributed by atoms with E-state index in [0.717, 1.165) is 41.2 Å². The molecule has 0 N–H and O–H groups in total. The van der Waals surface area contributed by atoms with Gasteiger partial charge in [0.05, 0.1) is 5.56 Å². The highest BCUT2D eigenvalue weighted by molar-refractivity contribution is 5.90. The molecule has 0 nitrogen and oxygen atoms in total. The molecule has 4 heteroatoms. The summed E-state index contributed by atoms with van der Waals surface area (Å²) in [4.78, 5) is 0. The van der Waals surface area contributed by atoms with E-state index in [1.165, 1.54) is 11.6 Å². The van der Waals surface area contributed by atoms with Gasteiger partial charge in [-0.2, -0.15) is 8.78 Å². The standard InChI is InChI=1S/C27H20F4/c1-2-3-17-4-6-18(7-5-17)19-8-10-20(11-9-19)21-12-13-23-22(14-21)15-25(28)24(27(23)31)16-26(29)30/h4-16H,2-3H2,1H3. The molecule has 0 heterocycles. The minimum Gasteiger partial charge on any atom is -0.206 e. The molecular formula is C27H20F4. The number of aryl methyl sites for hydroxylation is 1. The van der Waals surface area contributed by atoms with Gasteiger partial charge in [-0.05, 0) is 51.8 Å². The third kappa shape index (κ3) is 4.38. The quantitative estimate of drug-likeness (QED) is 0.283. The number of benzene rings is 4. The van der Waals surface area contributed by atoms with Crippen LogP contribution >= 0.6 is 0 Å². The topological polar surface area (TPSA) is 0 Å². The molecule has 0 amide bonds. The Balaban J connectivity index is 1.66. The number of rotatable bonds is 5. The molecule has 0 saturated carbocycles. The molecule has 0 saturated heterocycles. The molecule has 0 atom stereocenters. The minimum absolute atomic E-state index is 0.0986. The molecule has 0 radical (unpaired) electrons. The second-order valence-electron chi connectivity index (χ2n) is 7.48. The van der Waals surface area contributed by atoms with Crippen molar-refractivity contribution in [3.05, 3.63) is 102 Å². The van der Waals surface area contributed by atoms with Crippen LogP contribution < -0.4 is 0 Å². The summed E-state index contributed by atoms with van der Waals surface area (Å²) < 4.78 is 53.7. The predicted octanol–water partition coefficient (Wildman–Crippen LogP) is 8.64. The lowest BCUT2D eigenvalue weighted by molar-refractivity contribution is 0.428. The maximum absolute atomic E-state index is 14.5. The number of fused-ring (bicyclic) bond motifs is 1. The third-order valence-corrected chi connectivity index (χ3v) is 5.36. The first-order valence-electron chi connectivity index (χ1n) is 10.1. The van der Waals surface area contributed by atoms with Crippen molar-refractivity contribution < 1.29 is 17.6 Å². The normalized spacial score (nSPS) is 11.0. The van der Waals surface area contributed by atoms with Crippen molar-refractivity contribution in [1.82, 2.24) is 0 Å². The molecule has 0 aliphatic carbocycles. The van der Waals surface area contributed by atoms with E-state index in [2.05, 4.69) is 31.2 Å². The van der Waals surface area contributed by atoms with Crippen molar-refractivity contribution >= 4 is 16.8 Å². The number of halogens is 4. The van der Waals surface area contributed by atoms with Crippen LogP contribution in [0.15, 0.2) is 78.9 Å². The van der Waals surface area contributed by atoms with Gasteiger partial charge in [-0.1, -0.05) is 74.0 Å². The molecule has 0 spiro atoms. The maximum atomic E-state index is 14.5. The van der Waals surface area contributed by atoms with Gasteiger partial charge in [0, 0.05) is 11.5 Å². The van der Waals surface area contributed by atoms with Crippen LogP contribution in [-0.4, -0.2) is 0 Å². The molecule has 0 aliphatic heterocycles. The summed E-state index contributed by atoms with van der Waals surface area (Å²) in [5.41, 5.74) is 4.47. The SMILES string of the molecule is CCCc1ccc(-c2ccc(-c3ccc4c(F)c(C=C(F)F)c(F)cc4c3)cc2)cc1. The summed E-state index contributed by atoms with van der Waals surface area (Å²) in [6, 6.07) is 22.4. The zero-order valence-electron chi connectivity index (χ0n) is 16.9. The molecule has 4 aromatic rings. The average molecular weight is 420 g/mol. The van der Waals surface area contributed by atoms with Crippen LogP contribution in [0.1, 0.15) is 24.5 Å².